The number of benzene rings is 1. The summed E-state index contributed by atoms with van der Waals surface area (Å²) in [5.41, 5.74) is 0.569. The molecular formula is C11H9Cl2N3O. The van der Waals surface area contributed by atoms with Crippen LogP contribution in [0.1, 0.15) is 0 Å². The van der Waals surface area contributed by atoms with Crippen molar-refractivity contribution in [1.29, 1.82) is 0 Å². The van der Waals surface area contributed by atoms with E-state index in [2.05, 4.69) is 10.4 Å². The van der Waals surface area contributed by atoms with Crippen molar-refractivity contribution in [3.05, 3.63) is 46.7 Å². The summed E-state index contributed by atoms with van der Waals surface area (Å²) in [5.74, 6) is -0.188. The Morgan fingerprint density at radius 1 is 1.29 bits per heavy atom. The molecular weight excluding hydrogens is 261 g/mol. The molecule has 0 aliphatic rings. The minimum Gasteiger partial charge on any atom is -0.324 e. The summed E-state index contributed by atoms with van der Waals surface area (Å²) in [6.45, 7) is 0.150. The molecule has 1 heterocycles. The molecule has 0 aliphatic carbocycles. The van der Waals surface area contributed by atoms with E-state index in [-0.39, 0.29) is 12.5 Å². The zero-order chi connectivity index (χ0) is 12.3. The Morgan fingerprint density at radius 2 is 2.00 bits per heavy atom. The van der Waals surface area contributed by atoms with Crippen molar-refractivity contribution in [2.24, 2.45) is 0 Å². The molecule has 0 saturated carbocycles. The van der Waals surface area contributed by atoms with Crippen LogP contribution in [0.15, 0.2) is 36.7 Å². The minimum absolute atomic E-state index is 0.150. The number of hydrogen-bond acceptors (Lipinski definition) is 2. The number of rotatable bonds is 3. The highest BCUT2D eigenvalue weighted by atomic mass is 35.5. The standard InChI is InChI=1S/C11H9Cl2N3O/c12-8-4-9(13)6-10(5-8)15-11(17)7-16-3-1-2-14-16/h1-6H,7H2,(H,15,17). The smallest absolute Gasteiger partial charge is 0.246 e. The molecule has 2 aromatic rings. The van der Waals surface area contributed by atoms with Gasteiger partial charge in [0.1, 0.15) is 6.54 Å². The summed E-state index contributed by atoms with van der Waals surface area (Å²) in [7, 11) is 0. The van der Waals surface area contributed by atoms with Crippen LogP contribution in [0.25, 0.3) is 0 Å². The lowest BCUT2D eigenvalue weighted by molar-refractivity contribution is -0.116. The van der Waals surface area contributed by atoms with Crippen LogP contribution in [0.3, 0.4) is 0 Å². The second kappa shape index (κ2) is 5.21. The third kappa shape index (κ3) is 3.47. The Bertz CT molecular complexity index is 505. The molecule has 0 unspecified atom stereocenters. The van der Waals surface area contributed by atoms with Crippen LogP contribution in [-0.4, -0.2) is 15.7 Å². The Kier molecular flexibility index (Phi) is 3.66. The molecule has 0 spiro atoms. The Labute approximate surface area is 108 Å². The van der Waals surface area contributed by atoms with Gasteiger partial charge >= 0.3 is 0 Å². The van der Waals surface area contributed by atoms with Crippen LogP contribution >= 0.6 is 23.2 Å². The van der Waals surface area contributed by atoms with Gasteiger partial charge in [0.15, 0.2) is 0 Å². The average Bonchev–Trinajstić information content (AvgIpc) is 2.67. The zero-order valence-electron chi connectivity index (χ0n) is 8.73. The molecule has 88 valence electrons. The predicted octanol–water partition coefficient (Wildman–Crippen LogP) is 2.83. The number of carbonyl (C=O) groups excluding carboxylic acids is 1. The van der Waals surface area contributed by atoms with E-state index in [0.29, 0.717) is 15.7 Å². The molecule has 0 atom stereocenters. The van der Waals surface area contributed by atoms with Crippen molar-refractivity contribution >= 4 is 34.8 Å². The highest BCUT2D eigenvalue weighted by Crippen LogP contribution is 2.22. The minimum atomic E-state index is -0.188. The number of nitrogens with one attached hydrogen (secondary N) is 1. The number of amides is 1. The molecule has 0 fully saturated rings. The van der Waals surface area contributed by atoms with Gasteiger partial charge in [0.05, 0.1) is 0 Å². The van der Waals surface area contributed by atoms with Crippen LogP contribution in [0.5, 0.6) is 0 Å². The Balaban J connectivity index is 2.03. The molecule has 1 N–H and O–H groups in total. The van der Waals surface area contributed by atoms with Crippen molar-refractivity contribution in [2.75, 3.05) is 5.32 Å². The number of halogens is 2. The van der Waals surface area contributed by atoms with Gasteiger partial charge in [-0.3, -0.25) is 9.48 Å². The molecule has 0 aliphatic heterocycles. The number of nitrogens with zero attached hydrogens (tertiary/aromatic N) is 2. The van der Waals surface area contributed by atoms with Crippen LogP contribution in [-0.2, 0) is 11.3 Å². The summed E-state index contributed by atoms with van der Waals surface area (Å²) < 4.78 is 1.53. The van der Waals surface area contributed by atoms with Crippen LogP contribution in [0.4, 0.5) is 5.69 Å². The molecule has 0 saturated heterocycles. The van der Waals surface area contributed by atoms with E-state index in [1.54, 1.807) is 36.7 Å². The lowest BCUT2D eigenvalue weighted by Crippen LogP contribution is -2.18. The number of hydrogen-bond donors (Lipinski definition) is 1. The van der Waals surface area contributed by atoms with E-state index >= 15 is 0 Å². The fourth-order valence-corrected chi connectivity index (χ4v) is 1.89. The highest BCUT2D eigenvalue weighted by Gasteiger charge is 2.05. The molecule has 1 aromatic heterocycles. The van der Waals surface area contributed by atoms with Gasteiger partial charge in [0.2, 0.25) is 5.91 Å². The summed E-state index contributed by atoms with van der Waals surface area (Å²) >= 11 is 11.6. The maximum atomic E-state index is 11.6. The van der Waals surface area contributed by atoms with Gasteiger partial charge in [-0.2, -0.15) is 5.10 Å². The fourth-order valence-electron chi connectivity index (χ4n) is 1.37. The van der Waals surface area contributed by atoms with E-state index in [9.17, 15) is 4.79 Å². The monoisotopic (exact) mass is 269 g/mol. The van der Waals surface area contributed by atoms with E-state index in [1.165, 1.54) is 4.68 Å². The van der Waals surface area contributed by atoms with E-state index in [0.717, 1.165) is 0 Å². The Hall–Kier alpha value is -1.52. The molecule has 4 nitrogen and oxygen atoms in total. The predicted molar refractivity (Wildman–Crippen MR) is 67.3 cm³/mol. The lowest BCUT2D eigenvalue weighted by atomic mass is 10.3. The summed E-state index contributed by atoms with van der Waals surface area (Å²) in [4.78, 5) is 11.6. The highest BCUT2D eigenvalue weighted by molar-refractivity contribution is 6.35. The third-order valence-corrected chi connectivity index (χ3v) is 2.45. The van der Waals surface area contributed by atoms with Gasteiger partial charge in [-0.1, -0.05) is 23.2 Å². The molecule has 1 aromatic carbocycles. The molecule has 1 amide bonds. The largest absolute Gasteiger partial charge is 0.324 e. The molecule has 0 bridgehead atoms. The van der Waals surface area contributed by atoms with E-state index in [4.69, 9.17) is 23.2 Å². The maximum Gasteiger partial charge on any atom is 0.246 e. The molecule has 6 heteroatoms. The van der Waals surface area contributed by atoms with Gasteiger partial charge in [0.25, 0.3) is 0 Å². The second-order valence-electron chi connectivity index (χ2n) is 3.41. The summed E-state index contributed by atoms with van der Waals surface area (Å²) in [6.07, 6.45) is 3.33. The van der Waals surface area contributed by atoms with E-state index < -0.39 is 0 Å². The number of carbonyl (C=O) groups is 1. The molecule has 0 radical (unpaired) electrons. The van der Waals surface area contributed by atoms with Crippen molar-refractivity contribution < 1.29 is 4.79 Å². The first kappa shape index (κ1) is 12.0. The summed E-state index contributed by atoms with van der Waals surface area (Å²) in [5, 5.41) is 7.59. The SMILES string of the molecule is O=C(Cn1cccn1)Nc1cc(Cl)cc(Cl)c1. The molecule has 17 heavy (non-hydrogen) atoms. The van der Waals surface area contributed by atoms with Crippen molar-refractivity contribution in [1.82, 2.24) is 9.78 Å². The number of aromatic nitrogens is 2. The van der Waals surface area contributed by atoms with Crippen molar-refractivity contribution in [3.8, 4) is 0 Å². The van der Waals surface area contributed by atoms with Crippen molar-refractivity contribution in [3.63, 3.8) is 0 Å². The van der Waals surface area contributed by atoms with Gasteiger partial charge in [0, 0.05) is 28.1 Å². The maximum absolute atomic E-state index is 11.6. The van der Waals surface area contributed by atoms with Crippen LogP contribution < -0.4 is 5.32 Å². The van der Waals surface area contributed by atoms with Crippen molar-refractivity contribution in [2.45, 2.75) is 6.54 Å². The first-order valence-electron chi connectivity index (χ1n) is 4.87. The second-order valence-corrected chi connectivity index (χ2v) is 4.28. The van der Waals surface area contributed by atoms with E-state index in [1.807, 2.05) is 0 Å². The third-order valence-electron chi connectivity index (χ3n) is 2.01. The normalized spacial score (nSPS) is 10.2. The zero-order valence-corrected chi connectivity index (χ0v) is 10.2. The topological polar surface area (TPSA) is 46.9 Å². The van der Waals surface area contributed by atoms with Gasteiger partial charge in [-0.15, -0.1) is 0 Å². The first-order valence-corrected chi connectivity index (χ1v) is 5.62. The Morgan fingerprint density at radius 3 is 2.59 bits per heavy atom. The first-order chi connectivity index (χ1) is 8.13. The van der Waals surface area contributed by atoms with Crippen LogP contribution in [0, 0.1) is 0 Å². The van der Waals surface area contributed by atoms with Gasteiger partial charge in [-0.05, 0) is 24.3 Å². The van der Waals surface area contributed by atoms with Gasteiger partial charge < -0.3 is 5.32 Å². The number of anilines is 1. The quantitative estimate of drug-likeness (QED) is 0.932. The summed E-state index contributed by atoms with van der Waals surface area (Å²) in [6, 6.07) is 6.62. The fraction of sp³-hybridized carbons (Fsp3) is 0.0909. The lowest BCUT2D eigenvalue weighted by Gasteiger charge is -2.06. The molecule has 2 rings (SSSR count). The van der Waals surface area contributed by atoms with Crippen LogP contribution in [0.2, 0.25) is 10.0 Å². The van der Waals surface area contributed by atoms with Gasteiger partial charge in [-0.25, -0.2) is 0 Å². The average molecular weight is 270 g/mol.